The van der Waals surface area contributed by atoms with Gasteiger partial charge in [0.1, 0.15) is 11.2 Å². The molecule has 0 aromatic rings. The molecule has 2 rings (SSSR count). The average Bonchev–Trinajstić information content (AvgIpc) is 2.55. The van der Waals surface area contributed by atoms with Crippen molar-refractivity contribution < 1.29 is 14.4 Å². The van der Waals surface area contributed by atoms with Gasteiger partial charge in [0.2, 0.25) is 0 Å². The van der Waals surface area contributed by atoms with Crippen LogP contribution < -0.4 is 5.32 Å². The largest absolute Gasteiger partial charge is 0.444 e. The lowest BCUT2D eigenvalue weighted by atomic mass is 9.77. The van der Waals surface area contributed by atoms with Crippen molar-refractivity contribution in [2.24, 2.45) is 5.16 Å². The van der Waals surface area contributed by atoms with Gasteiger partial charge < -0.3 is 14.9 Å². The normalized spacial score (nSPS) is 21.5. The minimum atomic E-state index is -0.465. The lowest BCUT2D eigenvalue weighted by Gasteiger charge is -2.34. The standard InChI is InChI=1S/C12H20N2O3/c1-11(2,3)16-10(15)13-8-9-7-12(17-14-9)5-4-6-12/h4-8H2,1-3H3,(H,13,15). The molecule has 1 heterocycles. The van der Waals surface area contributed by atoms with Crippen LogP contribution >= 0.6 is 0 Å². The second kappa shape index (κ2) is 4.20. The van der Waals surface area contributed by atoms with Gasteiger partial charge in [-0.15, -0.1) is 0 Å². The van der Waals surface area contributed by atoms with Crippen LogP contribution in [0.5, 0.6) is 0 Å². The van der Waals surface area contributed by atoms with E-state index < -0.39 is 11.7 Å². The maximum absolute atomic E-state index is 11.4. The molecule has 2 aliphatic rings. The predicted octanol–water partition coefficient (Wildman–Crippen LogP) is 2.21. The molecule has 1 saturated carbocycles. The first kappa shape index (κ1) is 12.2. The molecule has 1 aliphatic heterocycles. The first-order chi connectivity index (χ1) is 7.89. The Morgan fingerprint density at radius 1 is 1.53 bits per heavy atom. The molecule has 1 spiro atoms. The summed E-state index contributed by atoms with van der Waals surface area (Å²) in [5.41, 5.74) is 0.397. The van der Waals surface area contributed by atoms with Gasteiger partial charge >= 0.3 is 6.09 Å². The van der Waals surface area contributed by atoms with Crippen LogP contribution in [0.25, 0.3) is 0 Å². The minimum absolute atomic E-state index is 0.0368. The van der Waals surface area contributed by atoms with Gasteiger partial charge in [-0.2, -0.15) is 0 Å². The van der Waals surface area contributed by atoms with Gasteiger partial charge in [-0.05, 0) is 40.0 Å². The number of carbonyl (C=O) groups is 1. The van der Waals surface area contributed by atoms with Crippen molar-refractivity contribution >= 4 is 11.8 Å². The zero-order valence-electron chi connectivity index (χ0n) is 10.7. The SMILES string of the molecule is CC(C)(C)OC(=O)NCC1=NOC2(CCC2)C1. The van der Waals surface area contributed by atoms with Crippen LogP contribution in [0.4, 0.5) is 4.79 Å². The number of carbonyl (C=O) groups excluding carboxylic acids is 1. The summed E-state index contributed by atoms with van der Waals surface area (Å²) in [5.74, 6) is 0. The van der Waals surface area contributed by atoms with Crippen molar-refractivity contribution in [2.45, 2.75) is 57.7 Å². The van der Waals surface area contributed by atoms with Crippen LogP contribution in [-0.4, -0.2) is 29.6 Å². The number of nitrogens with one attached hydrogen (secondary N) is 1. The summed E-state index contributed by atoms with van der Waals surface area (Å²) in [6, 6.07) is 0. The Morgan fingerprint density at radius 3 is 2.71 bits per heavy atom. The van der Waals surface area contributed by atoms with E-state index in [9.17, 15) is 4.79 Å². The Morgan fingerprint density at radius 2 is 2.24 bits per heavy atom. The molecule has 0 atom stereocenters. The van der Waals surface area contributed by atoms with Gasteiger partial charge in [-0.3, -0.25) is 0 Å². The molecule has 0 unspecified atom stereocenters. The summed E-state index contributed by atoms with van der Waals surface area (Å²) in [4.78, 5) is 16.8. The molecule has 0 bridgehead atoms. The topological polar surface area (TPSA) is 59.9 Å². The Hall–Kier alpha value is -1.26. The fraction of sp³-hybridized carbons (Fsp3) is 0.833. The van der Waals surface area contributed by atoms with Gasteiger partial charge in [0.25, 0.3) is 0 Å². The fourth-order valence-electron chi connectivity index (χ4n) is 2.02. The highest BCUT2D eigenvalue weighted by atomic mass is 16.7. The molecule has 17 heavy (non-hydrogen) atoms. The Kier molecular flexibility index (Phi) is 3.02. The molecule has 5 nitrogen and oxygen atoms in total. The number of amides is 1. The summed E-state index contributed by atoms with van der Waals surface area (Å²) in [5, 5.41) is 6.72. The highest BCUT2D eigenvalue weighted by molar-refractivity contribution is 5.90. The number of oxime groups is 1. The zero-order valence-corrected chi connectivity index (χ0v) is 10.7. The van der Waals surface area contributed by atoms with Crippen molar-refractivity contribution in [3.8, 4) is 0 Å². The smallest absolute Gasteiger partial charge is 0.407 e. The van der Waals surface area contributed by atoms with Gasteiger partial charge in [-0.25, -0.2) is 4.79 Å². The molecule has 5 heteroatoms. The summed E-state index contributed by atoms with van der Waals surface area (Å²) >= 11 is 0. The summed E-state index contributed by atoms with van der Waals surface area (Å²) in [6.07, 6.45) is 3.79. The molecule has 0 aromatic heterocycles. The van der Waals surface area contributed by atoms with Crippen LogP contribution in [0.3, 0.4) is 0 Å². The zero-order chi connectivity index (χ0) is 12.5. The van der Waals surface area contributed by atoms with Gasteiger partial charge in [-0.1, -0.05) is 5.16 Å². The summed E-state index contributed by atoms with van der Waals surface area (Å²) in [6.45, 7) is 5.93. The summed E-state index contributed by atoms with van der Waals surface area (Å²) < 4.78 is 5.14. The quantitative estimate of drug-likeness (QED) is 0.805. The first-order valence-corrected chi connectivity index (χ1v) is 6.09. The number of alkyl carbamates (subject to hydrolysis) is 1. The van der Waals surface area contributed by atoms with Gasteiger partial charge in [0.15, 0.2) is 0 Å². The maximum atomic E-state index is 11.4. The minimum Gasteiger partial charge on any atom is -0.444 e. The van der Waals surface area contributed by atoms with E-state index in [2.05, 4.69) is 10.5 Å². The van der Waals surface area contributed by atoms with E-state index in [0.717, 1.165) is 25.0 Å². The maximum Gasteiger partial charge on any atom is 0.407 e. The van der Waals surface area contributed by atoms with Gasteiger partial charge in [0.05, 0.1) is 12.3 Å². The van der Waals surface area contributed by atoms with E-state index in [1.54, 1.807) is 0 Å². The number of nitrogens with zero attached hydrogens (tertiary/aromatic N) is 1. The molecule has 1 amide bonds. The van der Waals surface area contributed by atoms with Crippen molar-refractivity contribution in [1.82, 2.24) is 5.32 Å². The molecule has 1 fully saturated rings. The Labute approximate surface area is 102 Å². The average molecular weight is 240 g/mol. The second-order valence-corrected chi connectivity index (χ2v) is 5.82. The summed E-state index contributed by atoms with van der Waals surface area (Å²) in [7, 11) is 0. The van der Waals surface area contributed by atoms with Crippen molar-refractivity contribution in [2.75, 3.05) is 6.54 Å². The van der Waals surface area contributed by atoms with E-state index in [1.165, 1.54) is 6.42 Å². The highest BCUT2D eigenvalue weighted by Gasteiger charge is 2.44. The monoisotopic (exact) mass is 240 g/mol. The van der Waals surface area contributed by atoms with Crippen molar-refractivity contribution in [3.63, 3.8) is 0 Å². The predicted molar refractivity (Wildman–Crippen MR) is 64.0 cm³/mol. The molecule has 0 aromatic carbocycles. The lowest BCUT2D eigenvalue weighted by molar-refractivity contribution is -0.0755. The van der Waals surface area contributed by atoms with Crippen LogP contribution in [0, 0.1) is 0 Å². The molecule has 1 N–H and O–H groups in total. The molecular weight excluding hydrogens is 220 g/mol. The van der Waals surface area contributed by atoms with Crippen molar-refractivity contribution in [1.29, 1.82) is 0 Å². The number of hydrogen-bond acceptors (Lipinski definition) is 4. The van der Waals surface area contributed by atoms with E-state index in [0.29, 0.717) is 6.54 Å². The van der Waals surface area contributed by atoms with Crippen LogP contribution in [0.1, 0.15) is 46.5 Å². The third kappa shape index (κ3) is 3.11. The Bertz CT molecular complexity index is 340. The fourth-order valence-corrected chi connectivity index (χ4v) is 2.02. The van der Waals surface area contributed by atoms with Gasteiger partial charge in [0, 0.05) is 6.42 Å². The van der Waals surface area contributed by atoms with E-state index >= 15 is 0 Å². The first-order valence-electron chi connectivity index (χ1n) is 6.09. The molecule has 96 valence electrons. The van der Waals surface area contributed by atoms with Crippen LogP contribution in [0.2, 0.25) is 0 Å². The molecule has 0 saturated heterocycles. The van der Waals surface area contributed by atoms with Crippen LogP contribution in [0.15, 0.2) is 5.16 Å². The van der Waals surface area contributed by atoms with E-state index in [4.69, 9.17) is 9.57 Å². The molecule has 1 aliphatic carbocycles. The number of hydrogen-bond donors (Lipinski definition) is 1. The highest BCUT2D eigenvalue weighted by Crippen LogP contribution is 2.41. The Balaban J connectivity index is 1.71. The molecule has 0 radical (unpaired) electrons. The molecular formula is C12H20N2O3. The second-order valence-electron chi connectivity index (χ2n) is 5.82. The lowest BCUT2D eigenvalue weighted by Crippen LogP contribution is -2.39. The number of ether oxygens (including phenoxy) is 1. The third-order valence-corrected chi connectivity index (χ3v) is 3.00. The van der Waals surface area contributed by atoms with E-state index in [-0.39, 0.29) is 5.60 Å². The van der Waals surface area contributed by atoms with Crippen LogP contribution in [-0.2, 0) is 9.57 Å². The number of rotatable bonds is 2. The third-order valence-electron chi connectivity index (χ3n) is 3.00. The van der Waals surface area contributed by atoms with E-state index in [1.807, 2.05) is 20.8 Å². The van der Waals surface area contributed by atoms with Crippen molar-refractivity contribution in [3.05, 3.63) is 0 Å².